The molecule has 1 aromatic heterocycles. The molecule has 9 heavy (non-hydrogen) atoms. The minimum absolute atomic E-state index is 0. The Morgan fingerprint density at radius 3 is 2.33 bits per heavy atom. The molecule has 0 aromatic carbocycles. The van der Waals surface area contributed by atoms with Crippen molar-refractivity contribution in [3.05, 3.63) is 18.3 Å². The molecule has 1 aromatic rings. The van der Waals surface area contributed by atoms with Crippen LogP contribution >= 0.6 is 0 Å². The van der Waals surface area contributed by atoms with E-state index < -0.39 is 10.7 Å². The molecule has 3 nitrogen and oxygen atoms in total. The van der Waals surface area contributed by atoms with Crippen molar-refractivity contribution in [3.63, 3.8) is 0 Å². The molecule has 44 valence electrons. The first-order valence-corrected chi connectivity index (χ1v) is 3.11. The Hall–Kier alpha value is 0.866. The Balaban J connectivity index is 0.000000640. The molecule has 0 aliphatic heterocycles. The first kappa shape index (κ1) is 9.87. The van der Waals surface area contributed by atoms with Gasteiger partial charge >= 0.3 is 51.4 Å². The summed E-state index contributed by atoms with van der Waals surface area (Å²) >= 11 is 0. The second-order valence-corrected chi connectivity index (χ2v) is 2.18. The van der Waals surface area contributed by atoms with E-state index in [9.17, 15) is 8.42 Å². The summed E-state index contributed by atoms with van der Waals surface area (Å²) in [5, 5.41) is 0.227. The predicted octanol–water partition coefficient (Wildman–Crippen LogP) is -2.31. The molecule has 0 saturated heterocycles. The van der Waals surface area contributed by atoms with E-state index in [1.165, 1.54) is 6.07 Å². The summed E-state index contributed by atoms with van der Waals surface area (Å²) in [5.74, 6) is 0. The van der Waals surface area contributed by atoms with Crippen LogP contribution in [0.3, 0.4) is 0 Å². The summed E-state index contributed by atoms with van der Waals surface area (Å²) in [6, 6.07) is 3.12. The molecule has 0 aliphatic rings. The van der Waals surface area contributed by atoms with Gasteiger partial charge in [-0.3, -0.25) is 0 Å². The second kappa shape index (κ2) is 4.65. The number of hydrogen-bond acceptors (Lipinski definition) is 3. The van der Waals surface area contributed by atoms with E-state index in [2.05, 4.69) is 4.98 Å². The molecule has 1 N–H and O–H groups in total. The van der Waals surface area contributed by atoms with Crippen LogP contribution in [0.1, 0.15) is 0 Å². The summed E-state index contributed by atoms with van der Waals surface area (Å²) < 4.78 is 20.1. The fourth-order valence-corrected chi connectivity index (χ4v) is 0.771. The van der Waals surface area contributed by atoms with Gasteiger partial charge < -0.3 is 13.4 Å². The number of nitrogens with one attached hydrogen (secondary N) is 1. The maximum Gasteiger partial charge on any atom is 1.00 e. The van der Waals surface area contributed by atoms with Gasteiger partial charge in [-0.1, -0.05) is 6.07 Å². The molecule has 0 bridgehead atoms. The fraction of sp³-hybridized carbons (Fsp3) is 0. The van der Waals surface area contributed by atoms with Crippen molar-refractivity contribution in [1.29, 1.82) is 0 Å². The molecule has 1 heterocycles. The Bertz CT molecular complexity index is 221. The van der Waals surface area contributed by atoms with Crippen LogP contribution in [0.2, 0.25) is 0 Å². The van der Waals surface area contributed by atoms with Crippen LogP contribution in [0, 0.1) is 0 Å². The van der Waals surface area contributed by atoms with E-state index in [0.29, 0.717) is 0 Å². The number of hydrogen-bond donors (Lipinski definition) is 1. The van der Waals surface area contributed by atoms with E-state index in [0.717, 1.165) is 0 Å². The van der Waals surface area contributed by atoms with Crippen molar-refractivity contribution in [2.24, 2.45) is 0 Å². The van der Waals surface area contributed by atoms with Gasteiger partial charge in [-0.15, -0.1) is 0 Å². The number of H-pyrrole nitrogens is 1. The van der Waals surface area contributed by atoms with Crippen LogP contribution < -0.4 is 51.4 Å². The van der Waals surface area contributed by atoms with E-state index in [-0.39, 0.29) is 56.4 Å². The van der Waals surface area contributed by atoms with Gasteiger partial charge in [0.05, 0.1) is 0 Å². The molecule has 0 unspecified atom stereocenters. The summed E-state index contributed by atoms with van der Waals surface area (Å²) in [4.78, 5) is 2.52. The normalized spacial score (nSPS) is 9.00. The minimum Gasteiger partial charge on any atom is -0.418 e. The molecule has 1 rings (SSSR count). The second-order valence-electron chi connectivity index (χ2n) is 1.27. The van der Waals surface area contributed by atoms with Gasteiger partial charge in [-0.25, -0.2) is 0 Å². The van der Waals surface area contributed by atoms with Crippen molar-refractivity contribution in [2.75, 3.05) is 0 Å². The third-order valence-corrected chi connectivity index (χ3v) is 1.36. The Kier molecular flexibility index (Phi) is 5.09. The Morgan fingerprint density at radius 2 is 2.11 bits per heavy atom. The van der Waals surface area contributed by atoms with Gasteiger partial charge in [0.1, 0.15) is 0 Å². The standard InChI is InChI=1S/C4H4NO2S.K/c6-8(7)4-2-1-3-5-4;/h1-3,5H;/q-1;+1. The van der Waals surface area contributed by atoms with Gasteiger partial charge in [0.15, 0.2) is 0 Å². The van der Waals surface area contributed by atoms with Crippen molar-refractivity contribution in [3.8, 4) is 0 Å². The van der Waals surface area contributed by atoms with E-state index in [1.807, 2.05) is 0 Å². The van der Waals surface area contributed by atoms with Gasteiger partial charge in [0.25, 0.3) is 0 Å². The first-order chi connectivity index (χ1) is 3.80. The number of aromatic amines is 1. The zero-order chi connectivity index (χ0) is 5.98. The van der Waals surface area contributed by atoms with E-state index in [4.69, 9.17) is 0 Å². The van der Waals surface area contributed by atoms with Gasteiger partial charge in [0.2, 0.25) is 0 Å². The zero-order valence-corrected chi connectivity index (χ0v) is 8.90. The van der Waals surface area contributed by atoms with Crippen LogP contribution in [0.25, 0.3) is 0 Å². The molecule has 0 fully saturated rings. The van der Waals surface area contributed by atoms with Crippen LogP contribution in [-0.4, -0.2) is 4.98 Å². The van der Waals surface area contributed by atoms with Crippen LogP contribution in [0.15, 0.2) is 23.4 Å². The average molecular weight is 169 g/mol. The van der Waals surface area contributed by atoms with Crippen LogP contribution in [-0.2, 0) is 19.1 Å². The summed E-state index contributed by atoms with van der Waals surface area (Å²) in [7, 11) is -2.10. The van der Waals surface area contributed by atoms with Crippen molar-refractivity contribution >= 4 is 10.7 Å². The summed E-state index contributed by atoms with van der Waals surface area (Å²) in [5.41, 5.74) is 0. The van der Waals surface area contributed by atoms with Gasteiger partial charge in [-0.05, 0) is 28.0 Å². The van der Waals surface area contributed by atoms with Gasteiger partial charge in [0, 0.05) is 0 Å². The number of rotatable bonds is 1. The van der Waals surface area contributed by atoms with Crippen molar-refractivity contribution in [1.82, 2.24) is 4.98 Å². The fourth-order valence-electron chi connectivity index (χ4n) is 0.418. The largest absolute Gasteiger partial charge is 1.00 e. The smallest absolute Gasteiger partial charge is 0.418 e. The molecule has 0 radical (unpaired) electrons. The number of aromatic nitrogens is 1. The topological polar surface area (TPSA) is 49.9 Å². The monoisotopic (exact) mass is 169 g/mol. The van der Waals surface area contributed by atoms with Crippen molar-refractivity contribution in [2.45, 2.75) is 5.03 Å². The molecule has 0 amide bonds. The molecule has 0 atom stereocenters. The van der Waals surface area contributed by atoms with E-state index >= 15 is 0 Å². The Labute approximate surface area is 97.2 Å². The van der Waals surface area contributed by atoms with Gasteiger partial charge in [-0.2, -0.15) is 0 Å². The van der Waals surface area contributed by atoms with Crippen molar-refractivity contribution < 1.29 is 59.8 Å². The molecule has 5 heteroatoms. The molecule has 0 spiro atoms. The minimum atomic E-state index is -2.10. The maximum absolute atomic E-state index is 10.0. The molecule has 0 saturated carbocycles. The quantitative estimate of drug-likeness (QED) is 0.379. The SMILES string of the molecule is O=[S-](=O)c1ccc[nH]1.[K+]. The van der Waals surface area contributed by atoms with E-state index in [1.54, 1.807) is 12.3 Å². The molecular formula is C4H4KNO2S. The van der Waals surface area contributed by atoms with Crippen LogP contribution in [0.4, 0.5) is 0 Å². The Morgan fingerprint density at radius 1 is 1.44 bits per heavy atom. The zero-order valence-electron chi connectivity index (χ0n) is 4.96. The maximum atomic E-state index is 10.0. The average Bonchev–Trinajstić information content (AvgIpc) is 2.12. The predicted molar refractivity (Wildman–Crippen MR) is 27.8 cm³/mol. The third kappa shape index (κ3) is 2.97. The summed E-state index contributed by atoms with van der Waals surface area (Å²) in [6.45, 7) is 0. The molecule has 0 aliphatic carbocycles. The first-order valence-electron chi connectivity index (χ1n) is 2.03. The summed E-state index contributed by atoms with van der Waals surface area (Å²) in [6.07, 6.45) is 1.56. The third-order valence-electron chi connectivity index (χ3n) is 0.749. The molecular weight excluding hydrogens is 165 g/mol. The van der Waals surface area contributed by atoms with Crippen LogP contribution in [0.5, 0.6) is 0 Å².